The van der Waals surface area contributed by atoms with E-state index < -0.39 is 60.9 Å². The fourth-order valence-electron chi connectivity index (χ4n) is 2.19. The van der Waals surface area contributed by atoms with E-state index in [2.05, 4.69) is 0 Å². The van der Waals surface area contributed by atoms with Crippen molar-refractivity contribution in [3.8, 4) is 0 Å². The van der Waals surface area contributed by atoms with Crippen molar-refractivity contribution < 1.29 is 79.2 Å². The van der Waals surface area contributed by atoms with Gasteiger partial charge < -0.3 is 49.6 Å². The van der Waals surface area contributed by atoms with Crippen LogP contribution in [-0.4, -0.2) is 80.7 Å². The molecule has 0 saturated carbocycles. The molecule has 0 radical (unpaired) electrons. The molecule has 23 heavy (non-hydrogen) atoms. The van der Waals surface area contributed by atoms with Crippen molar-refractivity contribution in [1.82, 2.24) is 0 Å². The van der Waals surface area contributed by atoms with E-state index in [4.69, 9.17) is 14.2 Å². The van der Waals surface area contributed by atoms with Crippen molar-refractivity contribution >= 4 is 5.97 Å². The van der Waals surface area contributed by atoms with Crippen molar-refractivity contribution in [2.75, 3.05) is 0 Å². The summed E-state index contributed by atoms with van der Waals surface area (Å²) >= 11 is 0. The molecule has 0 spiro atoms. The third-order valence-electron chi connectivity index (χ3n) is 3.49. The van der Waals surface area contributed by atoms with E-state index in [1.54, 1.807) is 0 Å². The number of carbonyl (C=O) groups is 1. The number of hydrogen-bond donors (Lipinski definition) is 5. The summed E-state index contributed by atoms with van der Waals surface area (Å²) in [5.41, 5.74) is 0. The standard InChI is InChI=1S/C12H18O10.Na/c1-3-6(14)8(16)9(11(19)20-3)22-12-7(15)4(13)2-5(21-12)10(17)18;/h2-4,6-9,11-16,19H,1H3,(H,17,18);/q;+1/p-1/t3-,4-,6-,7+,8+,9+,11+,12+;/m0./s1. The van der Waals surface area contributed by atoms with Crippen LogP contribution in [0.1, 0.15) is 6.92 Å². The topological polar surface area (TPSA) is 169 Å². The Balaban J connectivity index is 0.00000264. The summed E-state index contributed by atoms with van der Waals surface area (Å²) in [4.78, 5) is 10.8. The van der Waals surface area contributed by atoms with Gasteiger partial charge in [-0.15, -0.1) is 0 Å². The number of hydrogen-bond acceptors (Lipinski definition) is 10. The Bertz CT molecular complexity index is 457. The summed E-state index contributed by atoms with van der Waals surface area (Å²) in [6.07, 6.45) is -11.3. The number of ether oxygens (including phenoxy) is 3. The van der Waals surface area contributed by atoms with Crippen LogP contribution in [0.5, 0.6) is 0 Å². The zero-order chi connectivity index (χ0) is 16.6. The maximum absolute atomic E-state index is 10.8. The van der Waals surface area contributed by atoms with Gasteiger partial charge in [0.15, 0.2) is 6.29 Å². The first-order valence-electron chi connectivity index (χ1n) is 6.53. The molecule has 5 N–H and O–H groups in total. The van der Waals surface area contributed by atoms with Gasteiger partial charge in [-0.05, 0) is 13.0 Å². The van der Waals surface area contributed by atoms with E-state index in [0.717, 1.165) is 6.08 Å². The Labute approximate surface area is 153 Å². The SMILES string of the molecule is C[C@@H]1O[C@@H](O)[C@H](O[C@H]2OC(C(=O)[O-])=C[C@H](O)[C@H]2O)[C@H](O)[C@H]1O.[Na+]. The largest absolute Gasteiger partial charge is 1.00 e. The van der Waals surface area contributed by atoms with Crippen LogP contribution in [0.15, 0.2) is 11.8 Å². The summed E-state index contributed by atoms with van der Waals surface area (Å²) in [5, 5.41) is 59.3. The number of rotatable bonds is 3. The van der Waals surface area contributed by atoms with Gasteiger partial charge in [0.05, 0.1) is 6.10 Å². The van der Waals surface area contributed by atoms with Gasteiger partial charge in [0, 0.05) is 0 Å². The van der Waals surface area contributed by atoms with E-state index in [0.29, 0.717) is 0 Å². The fraction of sp³-hybridized carbons (Fsp3) is 0.750. The Morgan fingerprint density at radius 1 is 1.17 bits per heavy atom. The van der Waals surface area contributed by atoms with Crippen LogP contribution in [0.4, 0.5) is 0 Å². The molecule has 2 aliphatic rings. The molecular formula is C12H17NaO10. The molecule has 0 unspecified atom stereocenters. The van der Waals surface area contributed by atoms with Crippen LogP contribution in [0.2, 0.25) is 0 Å². The molecule has 1 fully saturated rings. The first-order valence-corrected chi connectivity index (χ1v) is 6.53. The van der Waals surface area contributed by atoms with Gasteiger partial charge in [-0.3, -0.25) is 0 Å². The van der Waals surface area contributed by atoms with Crippen LogP contribution in [0.25, 0.3) is 0 Å². The summed E-state index contributed by atoms with van der Waals surface area (Å²) in [6.45, 7) is 1.42. The minimum atomic E-state index is -1.74. The average Bonchev–Trinajstić information content (AvgIpc) is 2.45. The number of carboxylic acid groups (broad SMARTS) is 1. The second-order valence-corrected chi connectivity index (χ2v) is 5.10. The maximum atomic E-state index is 10.8. The Morgan fingerprint density at radius 3 is 2.35 bits per heavy atom. The average molecular weight is 344 g/mol. The third-order valence-corrected chi connectivity index (χ3v) is 3.49. The first-order chi connectivity index (χ1) is 10.2. The molecule has 8 atom stereocenters. The molecule has 0 aliphatic carbocycles. The predicted molar refractivity (Wildman–Crippen MR) is 63.4 cm³/mol. The Kier molecular flexibility index (Phi) is 7.41. The monoisotopic (exact) mass is 344 g/mol. The van der Waals surface area contributed by atoms with Crippen molar-refractivity contribution in [1.29, 1.82) is 0 Å². The minimum absolute atomic E-state index is 0. The smallest absolute Gasteiger partial charge is 0.542 e. The van der Waals surface area contributed by atoms with E-state index in [1.165, 1.54) is 6.92 Å². The summed E-state index contributed by atoms with van der Waals surface area (Å²) < 4.78 is 14.8. The molecule has 0 aromatic rings. The third kappa shape index (κ3) is 4.42. The number of aliphatic carboxylic acids is 1. The molecule has 0 aromatic heterocycles. The Morgan fingerprint density at radius 2 is 1.78 bits per heavy atom. The van der Waals surface area contributed by atoms with E-state index >= 15 is 0 Å². The molecule has 1 saturated heterocycles. The van der Waals surface area contributed by atoms with Crippen LogP contribution < -0.4 is 34.7 Å². The van der Waals surface area contributed by atoms with Crippen LogP contribution in [0.3, 0.4) is 0 Å². The van der Waals surface area contributed by atoms with Gasteiger partial charge in [0.2, 0.25) is 6.29 Å². The first kappa shape index (κ1) is 20.8. The van der Waals surface area contributed by atoms with Gasteiger partial charge >= 0.3 is 29.6 Å². The molecule has 126 valence electrons. The fourth-order valence-corrected chi connectivity index (χ4v) is 2.19. The van der Waals surface area contributed by atoms with Crippen molar-refractivity contribution in [3.63, 3.8) is 0 Å². The molecule has 2 heterocycles. The molecule has 10 nitrogen and oxygen atoms in total. The maximum Gasteiger partial charge on any atom is 1.00 e. The van der Waals surface area contributed by atoms with Crippen LogP contribution in [-0.2, 0) is 19.0 Å². The summed E-state index contributed by atoms with van der Waals surface area (Å²) in [6, 6.07) is 0. The van der Waals surface area contributed by atoms with Gasteiger partial charge in [0.1, 0.15) is 42.2 Å². The number of carboxylic acids is 1. The number of carbonyl (C=O) groups excluding carboxylic acids is 1. The Hall–Kier alpha value is -0.270. The van der Waals surface area contributed by atoms with Gasteiger partial charge in [0.25, 0.3) is 0 Å². The minimum Gasteiger partial charge on any atom is -0.542 e. The molecular weight excluding hydrogens is 327 g/mol. The second-order valence-electron chi connectivity index (χ2n) is 5.10. The van der Waals surface area contributed by atoms with Gasteiger partial charge in [-0.25, -0.2) is 0 Å². The molecule has 2 aliphatic heterocycles. The van der Waals surface area contributed by atoms with E-state index in [-0.39, 0.29) is 29.6 Å². The quantitative estimate of drug-likeness (QED) is 0.310. The number of aliphatic hydroxyl groups is 5. The predicted octanol–water partition coefficient (Wildman–Crippen LogP) is -7.45. The zero-order valence-corrected chi connectivity index (χ0v) is 14.5. The van der Waals surface area contributed by atoms with E-state index in [1.807, 2.05) is 0 Å². The second kappa shape index (κ2) is 8.21. The van der Waals surface area contributed by atoms with Gasteiger partial charge in [-0.1, -0.05) is 0 Å². The molecule has 0 amide bonds. The molecule has 11 heteroatoms. The summed E-state index contributed by atoms with van der Waals surface area (Å²) in [7, 11) is 0. The normalized spacial score (nSPS) is 43.8. The van der Waals surface area contributed by atoms with Crippen molar-refractivity contribution in [3.05, 3.63) is 11.8 Å². The summed E-state index contributed by atoms with van der Waals surface area (Å²) in [5.74, 6) is -2.51. The van der Waals surface area contributed by atoms with Crippen LogP contribution in [0, 0.1) is 0 Å². The molecule has 0 aromatic carbocycles. The van der Waals surface area contributed by atoms with E-state index in [9.17, 15) is 35.4 Å². The zero-order valence-electron chi connectivity index (χ0n) is 12.5. The molecule has 2 rings (SSSR count). The molecule has 0 bridgehead atoms. The van der Waals surface area contributed by atoms with Gasteiger partial charge in [-0.2, -0.15) is 0 Å². The van der Waals surface area contributed by atoms with Crippen LogP contribution >= 0.6 is 0 Å². The number of aliphatic hydroxyl groups excluding tert-OH is 5. The van der Waals surface area contributed by atoms with Crippen molar-refractivity contribution in [2.45, 2.75) is 56.1 Å². The van der Waals surface area contributed by atoms with Crippen molar-refractivity contribution in [2.24, 2.45) is 0 Å².